The lowest BCUT2D eigenvalue weighted by Gasteiger charge is -2.27. The molecule has 0 spiro atoms. The number of nitrogens with zero attached hydrogens (tertiary/aromatic N) is 2. The number of aromatic nitrogens is 1. The number of fused-ring (bicyclic) bond motifs is 3. The molecule has 0 aliphatic carbocycles. The van der Waals surface area contributed by atoms with Gasteiger partial charge >= 0.3 is 6.09 Å². The van der Waals surface area contributed by atoms with E-state index in [1.54, 1.807) is 6.92 Å². The number of para-hydroxylation sites is 2. The standard InChI is InChI=1S/C30H36N2O3/c1-3-5-6-16-24-32(30(34)35-4-2)29(33)22-11-9-7-8-10-17-23-31-27-20-14-12-18-25(27)26-19-13-15-21-28(26)31/h12-15,18-21,29,33H,3-6,9,11,16,22-24H2,1-2H3. The van der Waals surface area contributed by atoms with Gasteiger partial charge in [-0.2, -0.15) is 0 Å². The van der Waals surface area contributed by atoms with Crippen LogP contribution in [0.25, 0.3) is 21.8 Å². The van der Waals surface area contributed by atoms with E-state index in [9.17, 15) is 9.90 Å². The maximum atomic E-state index is 12.2. The average Bonchev–Trinajstić information content (AvgIpc) is 3.19. The molecule has 2 aromatic carbocycles. The van der Waals surface area contributed by atoms with Gasteiger partial charge in [0.25, 0.3) is 0 Å². The second-order valence-corrected chi connectivity index (χ2v) is 8.55. The van der Waals surface area contributed by atoms with Crippen LogP contribution in [0.2, 0.25) is 0 Å². The molecule has 1 aromatic heterocycles. The number of rotatable bonds is 11. The number of aliphatic hydroxyl groups excluding tert-OH is 1. The van der Waals surface area contributed by atoms with Crippen LogP contribution in [-0.2, 0) is 11.3 Å². The van der Waals surface area contributed by atoms with Gasteiger partial charge in [0.15, 0.2) is 0 Å². The van der Waals surface area contributed by atoms with Crippen LogP contribution in [0, 0.1) is 23.7 Å². The Labute approximate surface area is 209 Å². The van der Waals surface area contributed by atoms with Gasteiger partial charge in [-0.1, -0.05) is 74.4 Å². The van der Waals surface area contributed by atoms with E-state index < -0.39 is 12.3 Å². The van der Waals surface area contributed by atoms with Gasteiger partial charge in [-0.15, -0.1) is 0 Å². The Morgan fingerprint density at radius 1 is 0.943 bits per heavy atom. The van der Waals surface area contributed by atoms with Gasteiger partial charge in [0.05, 0.1) is 13.2 Å². The van der Waals surface area contributed by atoms with E-state index in [1.165, 1.54) is 26.7 Å². The van der Waals surface area contributed by atoms with E-state index in [4.69, 9.17) is 4.74 Å². The maximum absolute atomic E-state index is 12.2. The summed E-state index contributed by atoms with van der Waals surface area (Å²) in [5.41, 5.74) is 2.34. The molecule has 184 valence electrons. The highest BCUT2D eigenvalue weighted by Gasteiger charge is 2.21. The van der Waals surface area contributed by atoms with Crippen LogP contribution in [0.1, 0.15) is 58.8 Å². The Kier molecular flexibility index (Phi) is 10.6. The van der Waals surface area contributed by atoms with Crippen LogP contribution in [-0.4, -0.2) is 40.0 Å². The molecular weight excluding hydrogens is 436 g/mol. The van der Waals surface area contributed by atoms with Crippen LogP contribution < -0.4 is 0 Å². The van der Waals surface area contributed by atoms with Crippen molar-refractivity contribution in [2.24, 2.45) is 0 Å². The highest BCUT2D eigenvalue weighted by atomic mass is 16.6. The molecule has 3 rings (SSSR count). The number of aliphatic hydroxyl groups is 1. The van der Waals surface area contributed by atoms with Gasteiger partial charge < -0.3 is 14.4 Å². The van der Waals surface area contributed by atoms with Crippen molar-refractivity contribution in [3.63, 3.8) is 0 Å². The molecule has 0 saturated heterocycles. The summed E-state index contributed by atoms with van der Waals surface area (Å²) in [7, 11) is 0. The Hall–Kier alpha value is -3.41. The quantitative estimate of drug-likeness (QED) is 0.202. The van der Waals surface area contributed by atoms with E-state index in [-0.39, 0.29) is 0 Å². The van der Waals surface area contributed by atoms with Crippen molar-refractivity contribution in [3.8, 4) is 23.7 Å². The number of carbonyl (C=O) groups excluding carboxylic acids is 1. The summed E-state index contributed by atoms with van der Waals surface area (Å²) in [5, 5.41) is 13.0. The number of amides is 1. The molecule has 3 aromatic rings. The van der Waals surface area contributed by atoms with Gasteiger partial charge in [-0.3, -0.25) is 4.90 Å². The summed E-state index contributed by atoms with van der Waals surface area (Å²) in [6, 6.07) is 16.8. The van der Waals surface area contributed by atoms with Crippen LogP contribution >= 0.6 is 0 Å². The van der Waals surface area contributed by atoms with Crippen LogP contribution in [0.3, 0.4) is 0 Å². The number of unbranched alkanes of at least 4 members (excludes halogenated alkanes) is 4. The number of benzene rings is 2. The number of ether oxygens (including phenoxy) is 1. The highest BCUT2D eigenvalue weighted by molar-refractivity contribution is 6.08. The first-order valence-corrected chi connectivity index (χ1v) is 12.7. The normalized spacial score (nSPS) is 11.4. The lowest BCUT2D eigenvalue weighted by molar-refractivity contribution is -0.00542. The van der Waals surface area contributed by atoms with Gasteiger partial charge in [0.2, 0.25) is 0 Å². The Morgan fingerprint density at radius 3 is 2.26 bits per heavy atom. The molecule has 1 amide bonds. The second kappa shape index (κ2) is 14.1. The van der Waals surface area contributed by atoms with Crippen molar-refractivity contribution in [3.05, 3.63) is 48.5 Å². The van der Waals surface area contributed by atoms with Crippen LogP contribution in [0.5, 0.6) is 0 Å². The van der Waals surface area contributed by atoms with E-state index in [1.807, 2.05) is 12.1 Å². The molecule has 1 atom stereocenters. The predicted octanol–water partition coefficient (Wildman–Crippen LogP) is 6.33. The lowest BCUT2D eigenvalue weighted by atomic mass is 10.1. The molecule has 0 saturated carbocycles. The van der Waals surface area contributed by atoms with Crippen molar-refractivity contribution in [2.75, 3.05) is 13.2 Å². The van der Waals surface area contributed by atoms with Crippen molar-refractivity contribution in [1.29, 1.82) is 0 Å². The summed E-state index contributed by atoms with van der Waals surface area (Å²) in [4.78, 5) is 13.7. The third-order valence-electron chi connectivity index (χ3n) is 6.04. The summed E-state index contributed by atoms with van der Waals surface area (Å²) >= 11 is 0. The monoisotopic (exact) mass is 472 g/mol. The fourth-order valence-corrected chi connectivity index (χ4v) is 4.25. The summed E-state index contributed by atoms with van der Waals surface area (Å²) in [6.45, 7) is 5.31. The molecule has 5 nitrogen and oxygen atoms in total. The minimum atomic E-state index is -0.848. The van der Waals surface area contributed by atoms with E-state index >= 15 is 0 Å². The zero-order chi connectivity index (χ0) is 24.9. The van der Waals surface area contributed by atoms with E-state index in [0.29, 0.717) is 39.0 Å². The summed E-state index contributed by atoms with van der Waals surface area (Å²) in [5.74, 6) is 12.1. The smallest absolute Gasteiger partial charge is 0.411 e. The minimum Gasteiger partial charge on any atom is -0.450 e. The number of hydrogen-bond donors (Lipinski definition) is 1. The van der Waals surface area contributed by atoms with Gasteiger partial charge in [-0.05, 0) is 50.2 Å². The highest BCUT2D eigenvalue weighted by Crippen LogP contribution is 2.28. The third-order valence-corrected chi connectivity index (χ3v) is 6.04. The van der Waals surface area contributed by atoms with Crippen molar-refractivity contribution in [2.45, 2.75) is 71.6 Å². The summed E-state index contributed by atoms with van der Waals surface area (Å²) in [6.07, 6.45) is 4.64. The molecule has 0 radical (unpaired) electrons. The molecule has 0 aliphatic rings. The molecule has 35 heavy (non-hydrogen) atoms. The molecule has 1 heterocycles. The van der Waals surface area contributed by atoms with Crippen molar-refractivity contribution in [1.82, 2.24) is 9.47 Å². The largest absolute Gasteiger partial charge is 0.450 e. The average molecular weight is 473 g/mol. The molecule has 1 N–H and O–H groups in total. The fraction of sp³-hybridized carbons (Fsp3) is 0.433. The lowest BCUT2D eigenvalue weighted by Crippen LogP contribution is -2.41. The molecular formula is C30H36N2O3. The van der Waals surface area contributed by atoms with Crippen molar-refractivity contribution >= 4 is 27.9 Å². The first-order valence-electron chi connectivity index (χ1n) is 12.7. The van der Waals surface area contributed by atoms with E-state index in [2.05, 4.69) is 71.6 Å². The van der Waals surface area contributed by atoms with Crippen LogP contribution in [0.4, 0.5) is 4.79 Å². The molecule has 0 bridgehead atoms. The first-order chi connectivity index (χ1) is 17.2. The fourth-order valence-electron chi connectivity index (χ4n) is 4.25. The Bertz CT molecular complexity index is 1170. The Morgan fingerprint density at radius 2 is 1.60 bits per heavy atom. The third kappa shape index (κ3) is 7.28. The predicted molar refractivity (Wildman–Crippen MR) is 143 cm³/mol. The zero-order valence-corrected chi connectivity index (χ0v) is 20.9. The number of carbonyl (C=O) groups is 1. The van der Waals surface area contributed by atoms with Crippen LogP contribution in [0.15, 0.2) is 48.5 Å². The minimum absolute atomic E-state index is 0.301. The zero-order valence-electron chi connectivity index (χ0n) is 20.9. The SMILES string of the molecule is CCCCCCN(C(=O)OCC)C(O)CCCC#CC#CCn1c2ccccc2c2ccccc21. The Balaban J connectivity index is 1.51. The van der Waals surface area contributed by atoms with Gasteiger partial charge in [-0.25, -0.2) is 4.79 Å². The molecule has 0 fully saturated rings. The number of hydrogen-bond acceptors (Lipinski definition) is 3. The van der Waals surface area contributed by atoms with E-state index in [0.717, 1.165) is 25.7 Å². The molecule has 1 unspecified atom stereocenters. The topological polar surface area (TPSA) is 54.7 Å². The maximum Gasteiger partial charge on any atom is 0.411 e. The van der Waals surface area contributed by atoms with Gasteiger partial charge in [0.1, 0.15) is 6.23 Å². The molecule has 5 heteroatoms. The second-order valence-electron chi connectivity index (χ2n) is 8.55. The summed E-state index contributed by atoms with van der Waals surface area (Å²) < 4.78 is 7.34. The first kappa shape index (κ1) is 26.2. The molecule has 0 aliphatic heterocycles. The van der Waals surface area contributed by atoms with Gasteiger partial charge in [0, 0.05) is 34.8 Å². The van der Waals surface area contributed by atoms with Crippen molar-refractivity contribution < 1.29 is 14.6 Å².